The average molecular weight is 226 g/mol. The second kappa shape index (κ2) is 6.48. The minimum atomic E-state index is 0.615. The van der Waals surface area contributed by atoms with Crippen molar-refractivity contribution in [3.05, 3.63) is 5.89 Å². The van der Waals surface area contributed by atoms with E-state index in [9.17, 15) is 0 Å². The van der Waals surface area contributed by atoms with E-state index >= 15 is 0 Å². The highest BCUT2D eigenvalue weighted by Crippen LogP contribution is 2.13. The van der Waals surface area contributed by atoms with Crippen LogP contribution in [0.1, 0.15) is 32.6 Å². The third kappa shape index (κ3) is 3.81. The van der Waals surface area contributed by atoms with Crippen LogP contribution >= 0.6 is 0 Å². The van der Waals surface area contributed by atoms with Gasteiger partial charge in [0, 0.05) is 20.0 Å². The van der Waals surface area contributed by atoms with Crippen LogP contribution in [0.15, 0.2) is 4.52 Å². The second-order valence-corrected chi connectivity index (χ2v) is 4.22. The molecule has 0 aromatic carbocycles. The molecule has 0 radical (unpaired) electrons. The summed E-state index contributed by atoms with van der Waals surface area (Å²) in [4.78, 5) is 6.28. The van der Waals surface area contributed by atoms with Gasteiger partial charge in [-0.1, -0.05) is 6.92 Å². The van der Waals surface area contributed by atoms with Gasteiger partial charge >= 0.3 is 0 Å². The van der Waals surface area contributed by atoms with Crippen molar-refractivity contribution in [1.82, 2.24) is 10.1 Å². The molecule has 1 heterocycles. The molecule has 1 unspecified atom stereocenters. The van der Waals surface area contributed by atoms with E-state index in [1.54, 1.807) is 0 Å². The molecule has 92 valence electrons. The molecule has 0 aliphatic carbocycles. The van der Waals surface area contributed by atoms with Gasteiger partial charge in [0.15, 0.2) is 0 Å². The minimum absolute atomic E-state index is 0.615. The molecule has 1 aromatic heterocycles. The van der Waals surface area contributed by atoms with E-state index < -0.39 is 0 Å². The molecule has 1 rings (SSSR count). The van der Waals surface area contributed by atoms with Crippen molar-refractivity contribution >= 4 is 5.95 Å². The smallest absolute Gasteiger partial charge is 0.265 e. The molecule has 0 fully saturated rings. The van der Waals surface area contributed by atoms with Crippen LogP contribution in [0.2, 0.25) is 0 Å². The van der Waals surface area contributed by atoms with Crippen LogP contribution in [0.3, 0.4) is 0 Å². The molecule has 2 N–H and O–H groups in total. The first kappa shape index (κ1) is 13.0. The molecule has 0 bridgehead atoms. The largest absolute Gasteiger partial charge is 0.342 e. The normalized spacial score (nSPS) is 12.8. The van der Waals surface area contributed by atoms with Crippen molar-refractivity contribution < 1.29 is 4.52 Å². The quantitative estimate of drug-likeness (QED) is 0.762. The van der Waals surface area contributed by atoms with Crippen LogP contribution in [0.25, 0.3) is 0 Å². The van der Waals surface area contributed by atoms with Crippen LogP contribution in [-0.4, -0.2) is 30.3 Å². The van der Waals surface area contributed by atoms with Gasteiger partial charge in [0.2, 0.25) is 5.89 Å². The van der Waals surface area contributed by atoms with Crippen molar-refractivity contribution in [1.29, 1.82) is 0 Å². The van der Waals surface area contributed by atoms with E-state index in [0.29, 0.717) is 11.9 Å². The van der Waals surface area contributed by atoms with E-state index in [0.717, 1.165) is 38.2 Å². The molecule has 0 spiro atoms. The first-order chi connectivity index (χ1) is 7.67. The van der Waals surface area contributed by atoms with Gasteiger partial charge < -0.3 is 15.2 Å². The minimum Gasteiger partial charge on any atom is -0.342 e. The highest BCUT2D eigenvalue weighted by Gasteiger charge is 2.10. The molecular formula is C11H22N4O. The molecule has 0 aliphatic rings. The lowest BCUT2D eigenvalue weighted by Crippen LogP contribution is -2.17. The Balaban J connectivity index is 2.40. The van der Waals surface area contributed by atoms with Gasteiger partial charge in [0.1, 0.15) is 0 Å². The van der Waals surface area contributed by atoms with E-state index in [2.05, 4.69) is 24.0 Å². The van der Waals surface area contributed by atoms with Gasteiger partial charge in [-0.2, -0.15) is 4.98 Å². The van der Waals surface area contributed by atoms with Crippen molar-refractivity contribution in [3.8, 4) is 0 Å². The Kier molecular flexibility index (Phi) is 5.25. The molecule has 0 saturated heterocycles. The number of nitrogens with zero attached hydrogens (tertiary/aromatic N) is 3. The first-order valence-electron chi connectivity index (χ1n) is 5.91. The van der Waals surface area contributed by atoms with E-state index in [1.165, 1.54) is 0 Å². The third-order valence-corrected chi connectivity index (χ3v) is 2.78. The summed E-state index contributed by atoms with van der Waals surface area (Å²) in [6, 6.07) is 0. The number of aromatic nitrogens is 2. The lowest BCUT2D eigenvalue weighted by molar-refractivity contribution is 0.362. The Labute approximate surface area is 97.0 Å². The Morgan fingerprint density at radius 1 is 1.44 bits per heavy atom. The molecule has 16 heavy (non-hydrogen) atoms. The van der Waals surface area contributed by atoms with Gasteiger partial charge in [0.05, 0.1) is 0 Å². The predicted molar refractivity (Wildman–Crippen MR) is 64.4 cm³/mol. The number of rotatable bonds is 7. The number of anilines is 1. The first-order valence-corrected chi connectivity index (χ1v) is 5.91. The Hall–Kier alpha value is -1.10. The summed E-state index contributed by atoms with van der Waals surface area (Å²) in [5.41, 5.74) is 5.50. The zero-order valence-electron chi connectivity index (χ0n) is 10.4. The topological polar surface area (TPSA) is 68.2 Å². The number of nitrogens with two attached hydrogens (primary N) is 1. The molecule has 5 nitrogen and oxygen atoms in total. The summed E-state index contributed by atoms with van der Waals surface area (Å²) >= 11 is 0. The fourth-order valence-corrected chi connectivity index (χ4v) is 1.44. The van der Waals surface area contributed by atoms with Crippen LogP contribution in [-0.2, 0) is 6.42 Å². The van der Waals surface area contributed by atoms with Crippen LogP contribution in [0.4, 0.5) is 5.95 Å². The summed E-state index contributed by atoms with van der Waals surface area (Å²) in [6.45, 7) is 5.87. The average Bonchev–Trinajstić information content (AvgIpc) is 2.74. The highest BCUT2D eigenvalue weighted by atomic mass is 16.5. The Morgan fingerprint density at radius 3 is 2.81 bits per heavy atom. The SMILES string of the molecule is CCN(C)c1noc(CCC(C)CCN)n1. The van der Waals surface area contributed by atoms with Crippen LogP contribution < -0.4 is 10.6 Å². The van der Waals surface area contributed by atoms with Crippen molar-refractivity contribution in [2.45, 2.75) is 33.1 Å². The molecule has 0 amide bonds. The van der Waals surface area contributed by atoms with Gasteiger partial charge in [-0.25, -0.2) is 0 Å². The van der Waals surface area contributed by atoms with E-state index in [4.69, 9.17) is 10.3 Å². The van der Waals surface area contributed by atoms with Crippen LogP contribution in [0.5, 0.6) is 0 Å². The zero-order chi connectivity index (χ0) is 12.0. The number of hydrogen-bond acceptors (Lipinski definition) is 5. The van der Waals surface area contributed by atoms with Gasteiger partial charge in [-0.3, -0.25) is 0 Å². The van der Waals surface area contributed by atoms with E-state index in [1.807, 2.05) is 11.9 Å². The zero-order valence-corrected chi connectivity index (χ0v) is 10.4. The summed E-state index contributed by atoms with van der Waals surface area (Å²) in [5, 5.41) is 3.93. The van der Waals surface area contributed by atoms with Gasteiger partial charge in [-0.05, 0) is 37.4 Å². The Morgan fingerprint density at radius 2 is 2.19 bits per heavy atom. The maximum Gasteiger partial charge on any atom is 0.265 e. The molecule has 0 aliphatic heterocycles. The molecule has 5 heteroatoms. The summed E-state index contributed by atoms with van der Waals surface area (Å²) in [6.07, 6.45) is 2.94. The lowest BCUT2D eigenvalue weighted by Gasteiger charge is -2.09. The molecule has 1 atom stereocenters. The lowest BCUT2D eigenvalue weighted by atomic mass is 10.0. The van der Waals surface area contributed by atoms with Crippen molar-refractivity contribution in [2.75, 3.05) is 25.0 Å². The van der Waals surface area contributed by atoms with Crippen molar-refractivity contribution in [2.24, 2.45) is 11.7 Å². The van der Waals surface area contributed by atoms with Gasteiger partial charge in [-0.15, -0.1) is 0 Å². The molecule has 1 aromatic rings. The van der Waals surface area contributed by atoms with Crippen molar-refractivity contribution in [3.63, 3.8) is 0 Å². The monoisotopic (exact) mass is 226 g/mol. The summed E-state index contributed by atoms with van der Waals surface area (Å²) in [7, 11) is 1.95. The van der Waals surface area contributed by atoms with E-state index in [-0.39, 0.29) is 0 Å². The predicted octanol–water partition coefficient (Wildman–Crippen LogP) is 1.44. The highest BCUT2D eigenvalue weighted by molar-refractivity contribution is 5.24. The Bertz CT molecular complexity index is 300. The molecular weight excluding hydrogens is 204 g/mol. The summed E-state index contributed by atoms with van der Waals surface area (Å²) in [5.74, 6) is 2.01. The van der Waals surface area contributed by atoms with Crippen LogP contribution in [0, 0.1) is 5.92 Å². The number of hydrogen-bond donors (Lipinski definition) is 1. The van der Waals surface area contributed by atoms with Gasteiger partial charge in [0.25, 0.3) is 5.95 Å². The molecule has 0 saturated carbocycles. The maximum absolute atomic E-state index is 5.50. The second-order valence-electron chi connectivity index (χ2n) is 4.22. The summed E-state index contributed by atoms with van der Waals surface area (Å²) < 4.78 is 5.18. The number of aryl methyl sites for hydroxylation is 1. The standard InChI is InChI=1S/C11H22N4O/c1-4-15(3)11-13-10(16-14-11)6-5-9(2)7-8-12/h9H,4-8,12H2,1-3H3. The third-order valence-electron chi connectivity index (χ3n) is 2.78. The fraction of sp³-hybridized carbons (Fsp3) is 0.818. The maximum atomic E-state index is 5.50. The fourth-order valence-electron chi connectivity index (χ4n) is 1.44.